The number of carbonyl (C=O) groups is 3. The van der Waals surface area contributed by atoms with E-state index in [-0.39, 0.29) is 17.4 Å². The van der Waals surface area contributed by atoms with Gasteiger partial charge in [0.05, 0.1) is 7.11 Å². The molecule has 2 rings (SSSR count). The number of ether oxygens (including phenoxy) is 1. The summed E-state index contributed by atoms with van der Waals surface area (Å²) in [5.41, 5.74) is 1.01. The highest BCUT2D eigenvalue weighted by atomic mass is 16.5. The lowest BCUT2D eigenvalue weighted by molar-refractivity contribution is -0.112. The number of Topliss-reactive ketones (excluding diaryl/α,β-unsaturated/α-hetero) is 1. The third kappa shape index (κ3) is 4.83. The number of benzene rings is 1. The molecule has 1 aromatic carbocycles. The Labute approximate surface area is 151 Å². The number of hydrogen-bond donors (Lipinski definition) is 1. The van der Waals surface area contributed by atoms with Crippen molar-refractivity contribution < 1.29 is 19.1 Å². The Morgan fingerprint density at radius 2 is 1.77 bits per heavy atom. The molecular weight excluding hydrogens is 336 g/mol. The first-order valence-corrected chi connectivity index (χ1v) is 8.06. The molecule has 1 N–H and O–H groups in total. The second-order valence-corrected chi connectivity index (χ2v) is 5.74. The molecule has 8 heteroatoms. The average Bonchev–Trinajstić information content (AvgIpc) is 2.66. The predicted molar refractivity (Wildman–Crippen MR) is 94.3 cm³/mol. The van der Waals surface area contributed by atoms with Crippen molar-refractivity contribution in [1.82, 2.24) is 9.80 Å². The molecule has 0 spiro atoms. The molecule has 1 fully saturated rings. The SMILES string of the molecule is COC(=O)N1CCN(/C=C(/C#N)C(=O)Nc2ccc(C(C)=O)cc2)CC1. The first kappa shape index (κ1) is 19.0. The van der Waals surface area contributed by atoms with Crippen LogP contribution in [-0.4, -0.2) is 60.9 Å². The lowest BCUT2D eigenvalue weighted by Gasteiger charge is -2.33. The number of amides is 2. The highest BCUT2D eigenvalue weighted by Gasteiger charge is 2.21. The van der Waals surface area contributed by atoms with Gasteiger partial charge in [0.25, 0.3) is 5.91 Å². The third-order valence-electron chi connectivity index (χ3n) is 3.97. The summed E-state index contributed by atoms with van der Waals surface area (Å²) in [7, 11) is 1.33. The van der Waals surface area contributed by atoms with Gasteiger partial charge >= 0.3 is 6.09 Å². The zero-order chi connectivity index (χ0) is 19.1. The number of rotatable bonds is 4. The molecule has 2 amide bonds. The van der Waals surface area contributed by atoms with Crippen molar-refractivity contribution in [1.29, 1.82) is 5.26 Å². The van der Waals surface area contributed by atoms with Gasteiger partial charge in [-0.2, -0.15) is 5.26 Å². The Hall–Kier alpha value is -3.34. The van der Waals surface area contributed by atoms with Crippen molar-refractivity contribution in [2.45, 2.75) is 6.92 Å². The molecule has 0 atom stereocenters. The van der Waals surface area contributed by atoms with Crippen LogP contribution in [-0.2, 0) is 9.53 Å². The number of nitrogens with one attached hydrogen (secondary N) is 1. The van der Waals surface area contributed by atoms with Crippen molar-refractivity contribution in [2.75, 3.05) is 38.6 Å². The first-order valence-electron chi connectivity index (χ1n) is 8.06. The van der Waals surface area contributed by atoms with Gasteiger partial charge in [0, 0.05) is 43.6 Å². The highest BCUT2D eigenvalue weighted by molar-refractivity contribution is 6.06. The Kier molecular flexibility index (Phi) is 6.33. The van der Waals surface area contributed by atoms with E-state index in [0.29, 0.717) is 37.4 Å². The Morgan fingerprint density at radius 3 is 2.27 bits per heavy atom. The van der Waals surface area contributed by atoms with Gasteiger partial charge in [0.1, 0.15) is 11.6 Å². The maximum atomic E-state index is 12.3. The van der Waals surface area contributed by atoms with Crippen LogP contribution in [0.5, 0.6) is 0 Å². The van der Waals surface area contributed by atoms with Gasteiger partial charge in [-0.25, -0.2) is 4.79 Å². The van der Waals surface area contributed by atoms with E-state index in [2.05, 4.69) is 10.1 Å². The van der Waals surface area contributed by atoms with E-state index in [1.54, 1.807) is 29.2 Å². The summed E-state index contributed by atoms with van der Waals surface area (Å²) in [6, 6.07) is 8.33. The monoisotopic (exact) mass is 356 g/mol. The van der Waals surface area contributed by atoms with E-state index in [9.17, 15) is 19.6 Å². The van der Waals surface area contributed by atoms with E-state index in [1.807, 2.05) is 11.0 Å². The maximum Gasteiger partial charge on any atom is 0.409 e. The molecule has 1 aromatic rings. The summed E-state index contributed by atoms with van der Waals surface area (Å²) in [5.74, 6) is -0.593. The van der Waals surface area contributed by atoms with Crippen LogP contribution >= 0.6 is 0 Å². The molecule has 136 valence electrons. The topological polar surface area (TPSA) is 103 Å². The van der Waals surface area contributed by atoms with Crippen LogP contribution < -0.4 is 5.32 Å². The van der Waals surface area contributed by atoms with Crippen molar-refractivity contribution in [3.63, 3.8) is 0 Å². The van der Waals surface area contributed by atoms with E-state index in [0.717, 1.165) is 0 Å². The smallest absolute Gasteiger partial charge is 0.409 e. The zero-order valence-corrected chi connectivity index (χ0v) is 14.7. The minimum atomic E-state index is -0.529. The molecule has 0 radical (unpaired) electrons. The fourth-order valence-corrected chi connectivity index (χ4v) is 2.47. The molecular formula is C18H20N4O4. The van der Waals surface area contributed by atoms with Gasteiger partial charge in [-0.15, -0.1) is 0 Å². The molecule has 0 saturated carbocycles. The van der Waals surface area contributed by atoms with Gasteiger partial charge in [0.15, 0.2) is 5.78 Å². The number of nitriles is 1. The number of methoxy groups -OCH3 is 1. The fourth-order valence-electron chi connectivity index (χ4n) is 2.47. The number of nitrogens with zero attached hydrogens (tertiary/aromatic N) is 3. The molecule has 0 bridgehead atoms. The molecule has 1 aliphatic rings. The van der Waals surface area contributed by atoms with Crippen LogP contribution in [0.2, 0.25) is 0 Å². The standard InChI is InChI=1S/C18H20N4O4/c1-13(23)14-3-5-16(6-4-14)20-17(24)15(11-19)12-21-7-9-22(10-8-21)18(25)26-2/h3-6,12H,7-10H2,1-2H3,(H,20,24)/b15-12-. The minimum absolute atomic E-state index is 0.0350. The van der Waals surface area contributed by atoms with Crippen molar-refractivity contribution in [3.05, 3.63) is 41.6 Å². The van der Waals surface area contributed by atoms with Gasteiger partial charge < -0.3 is 19.9 Å². The molecule has 0 aliphatic carbocycles. The molecule has 8 nitrogen and oxygen atoms in total. The Morgan fingerprint density at radius 1 is 1.15 bits per heavy atom. The second kappa shape index (κ2) is 8.67. The average molecular weight is 356 g/mol. The van der Waals surface area contributed by atoms with E-state index >= 15 is 0 Å². The fraction of sp³-hybridized carbons (Fsp3) is 0.333. The Bertz CT molecular complexity index is 756. The molecule has 1 saturated heterocycles. The van der Waals surface area contributed by atoms with Crippen LogP contribution in [0.4, 0.5) is 10.5 Å². The number of ketones is 1. The van der Waals surface area contributed by atoms with Crippen molar-refractivity contribution in [3.8, 4) is 6.07 Å². The lowest BCUT2D eigenvalue weighted by Crippen LogP contribution is -2.47. The highest BCUT2D eigenvalue weighted by Crippen LogP contribution is 2.12. The van der Waals surface area contributed by atoms with Gasteiger partial charge in [-0.1, -0.05) is 0 Å². The molecule has 0 unspecified atom stereocenters. The predicted octanol–water partition coefficient (Wildman–Crippen LogP) is 1.62. The number of hydrogen-bond acceptors (Lipinski definition) is 6. The summed E-state index contributed by atoms with van der Waals surface area (Å²) < 4.78 is 4.67. The van der Waals surface area contributed by atoms with Crippen molar-refractivity contribution >= 4 is 23.5 Å². The van der Waals surface area contributed by atoms with Crippen LogP contribution in [0, 0.1) is 11.3 Å². The normalized spacial score (nSPS) is 14.4. The van der Waals surface area contributed by atoms with Gasteiger partial charge in [0.2, 0.25) is 0 Å². The second-order valence-electron chi connectivity index (χ2n) is 5.74. The summed E-state index contributed by atoms with van der Waals surface area (Å²) in [4.78, 5) is 38.4. The quantitative estimate of drug-likeness (QED) is 0.500. The van der Waals surface area contributed by atoms with E-state index in [1.165, 1.54) is 20.2 Å². The van der Waals surface area contributed by atoms with Crippen LogP contribution in [0.25, 0.3) is 0 Å². The van der Waals surface area contributed by atoms with Gasteiger partial charge in [-0.05, 0) is 31.2 Å². The zero-order valence-electron chi connectivity index (χ0n) is 14.7. The van der Waals surface area contributed by atoms with Crippen LogP contribution in [0.1, 0.15) is 17.3 Å². The third-order valence-corrected chi connectivity index (χ3v) is 3.97. The first-order chi connectivity index (χ1) is 12.4. The summed E-state index contributed by atoms with van der Waals surface area (Å²) in [6.07, 6.45) is 1.11. The largest absolute Gasteiger partial charge is 0.453 e. The molecule has 26 heavy (non-hydrogen) atoms. The van der Waals surface area contributed by atoms with Crippen LogP contribution in [0.15, 0.2) is 36.0 Å². The minimum Gasteiger partial charge on any atom is -0.453 e. The molecule has 0 aromatic heterocycles. The number of carbonyl (C=O) groups excluding carboxylic acids is 3. The number of anilines is 1. The van der Waals surface area contributed by atoms with Crippen molar-refractivity contribution in [2.24, 2.45) is 0 Å². The lowest BCUT2D eigenvalue weighted by atomic mass is 10.1. The van der Waals surface area contributed by atoms with Crippen LogP contribution in [0.3, 0.4) is 0 Å². The van der Waals surface area contributed by atoms with Gasteiger partial charge in [-0.3, -0.25) is 9.59 Å². The number of piperazine rings is 1. The summed E-state index contributed by atoms with van der Waals surface area (Å²) in [5, 5.41) is 11.9. The maximum absolute atomic E-state index is 12.3. The summed E-state index contributed by atoms with van der Waals surface area (Å²) in [6.45, 7) is 3.37. The molecule has 1 heterocycles. The molecule has 1 aliphatic heterocycles. The summed E-state index contributed by atoms with van der Waals surface area (Å²) >= 11 is 0. The van der Waals surface area contributed by atoms with E-state index in [4.69, 9.17) is 0 Å². The Balaban J connectivity index is 1.98. The van der Waals surface area contributed by atoms with E-state index < -0.39 is 5.91 Å².